The Morgan fingerprint density at radius 3 is 2.48 bits per heavy atom. The number of hydrogen-bond donors (Lipinski definition) is 1. The van der Waals surface area contributed by atoms with E-state index in [2.05, 4.69) is 5.10 Å². The number of carbonyl (C=O) groups is 1. The third-order valence-corrected chi connectivity index (χ3v) is 4.36. The molecule has 0 amide bonds. The molecule has 1 aromatic heterocycles. The first-order valence-electron chi connectivity index (χ1n) is 8.14. The van der Waals surface area contributed by atoms with E-state index in [9.17, 15) is 14.7 Å². The van der Waals surface area contributed by atoms with E-state index in [1.807, 2.05) is 12.1 Å². The number of hydrogen-bond acceptors (Lipinski definition) is 5. The van der Waals surface area contributed by atoms with Crippen LogP contribution in [0.25, 0.3) is 11.1 Å². The molecule has 7 heteroatoms. The molecule has 0 saturated carbocycles. The van der Waals surface area contributed by atoms with Gasteiger partial charge >= 0.3 is 0 Å². The maximum absolute atomic E-state index is 12.5. The number of aromatic hydroxyl groups is 1. The fraction of sp³-hybridized carbons (Fsp3) is 0.150. The quantitative estimate of drug-likeness (QED) is 0.680. The van der Waals surface area contributed by atoms with Crippen LogP contribution in [0.4, 0.5) is 0 Å². The van der Waals surface area contributed by atoms with E-state index in [-0.39, 0.29) is 23.8 Å². The van der Waals surface area contributed by atoms with Gasteiger partial charge < -0.3 is 9.84 Å². The Balaban J connectivity index is 2.02. The summed E-state index contributed by atoms with van der Waals surface area (Å²) in [7, 11) is 1.57. The monoisotopic (exact) mass is 384 g/mol. The van der Waals surface area contributed by atoms with Crippen molar-refractivity contribution in [2.75, 3.05) is 7.11 Å². The minimum Gasteiger partial charge on any atom is -0.497 e. The molecule has 0 bridgehead atoms. The van der Waals surface area contributed by atoms with E-state index in [1.54, 1.807) is 31.4 Å². The molecule has 6 nitrogen and oxygen atoms in total. The third kappa shape index (κ3) is 4.01. The molecule has 3 rings (SSSR count). The van der Waals surface area contributed by atoms with Gasteiger partial charge in [0.25, 0.3) is 5.56 Å². The minimum absolute atomic E-state index is 0.165. The zero-order chi connectivity index (χ0) is 19.6. The molecule has 0 saturated heterocycles. The predicted molar refractivity (Wildman–Crippen MR) is 103 cm³/mol. The summed E-state index contributed by atoms with van der Waals surface area (Å²) in [5, 5.41) is 14.8. The van der Waals surface area contributed by atoms with Gasteiger partial charge in [-0.2, -0.15) is 0 Å². The number of aromatic nitrogens is 2. The van der Waals surface area contributed by atoms with Gasteiger partial charge in [0.2, 0.25) is 5.88 Å². The Kier molecular flexibility index (Phi) is 5.28. The fourth-order valence-electron chi connectivity index (χ4n) is 2.74. The van der Waals surface area contributed by atoms with Crippen LogP contribution in [-0.2, 0) is 6.54 Å². The Labute approximate surface area is 160 Å². The lowest BCUT2D eigenvalue weighted by molar-refractivity contribution is 0.101. The van der Waals surface area contributed by atoms with Crippen LogP contribution in [0, 0.1) is 0 Å². The highest BCUT2D eigenvalue weighted by atomic mass is 35.5. The van der Waals surface area contributed by atoms with Gasteiger partial charge in [0.05, 0.1) is 19.2 Å². The summed E-state index contributed by atoms with van der Waals surface area (Å²) in [6.07, 6.45) is 0. The van der Waals surface area contributed by atoms with Gasteiger partial charge in [-0.15, -0.1) is 5.10 Å². The van der Waals surface area contributed by atoms with Crippen LogP contribution in [0.3, 0.4) is 0 Å². The largest absolute Gasteiger partial charge is 0.497 e. The van der Waals surface area contributed by atoms with Crippen molar-refractivity contribution in [2.45, 2.75) is 13.5 Å². The number of carbonyl (C=O) groups excluding carboxylic acids is 1. The van der Waals surface area contributed by atoms with Crippen LogP contribution in [0.2, 0.25) is 5.02 Å². The molecule has 1 N–H and O–H groups in total. The Morgan fingerprint density at radius 1 is 1.15 bits per heavy atom. The number of benzene rings is 2. The normalized spacial score (nSPS) is 10.6. The molecule has 0 atom stereocenters. The Morgan fingerprint density at radius 2 is 1.85 bits per heavy atom. The standard InChI is InChI=1S/C20H17ClN2O4/c1-12(24)16-8-5-14(21)9-17(16)18-10-19(25)23(22-20(18)26)11-13-3-6-15(27-2)7-4-13/h3-10H,11H2,1-2H3,(H,22,26). The molecule has 0 aliphatic rings. The molecule has 0 radical (unpaired) electrons. The van der Waals surface area contributed by atoms with Gasteiger partial charge in [-0.25, -0.2) is 4.68 Å². The summed E-state index contributed by atoms with van der Waals surface area (Å²) in [4.78, 5) is 24.4. The number of ketones is 1. The van der Waals surface area contributed by atoms with Gasteiger partial charge in [0.1, 0.15) is 5.75 Å². The van der Waals surface area contributed by atoms with Crippen molar-refractivity contribution >= 4 is 17.4 Å². The molecule has 0 unspecified atom stereocenters. The summed E-state index contributed by atoms with van der Waals surface area (Å²) in [5.41, 5.74) is 1.30. The molecule has 0 spiro atoms. The molecule has 0 aliphatic heterocycles. The van der Waals surface area contributed by atoms with E-state index >= 15 is 0 Å². The van der Waals surface area contributed by atoms with Gasteiger partial charge in [0.15, 0.2) is 5.78 Å². The summed E-state index contributed by atoms with van der Waals surface area (Å²) in [5.74, 6) is 0.145. The number of rotatable bonds is 5. The highest BCUT2D eigenvalue weighted by Gasteiger charge is 2.16. The first-order valence-corrected chi connectivity index (χ1v) is 8.51. The zero-order valence-electron chi connectivity index (χ0n) is 14.8. The van der Waals surface area contributed by atoms with Gasteiger partial charge in [-0.05, 0) is 48.4 Å². The molecule has 27 heavy (non-hydrogen) atoms. The number of nitrogens with zero attached hydrogens (tertiary/aromatic N) is 2. The van der Waals surface area contributed by atoms with Crippen molar-refractivity contribution in [1.82, 2.24) is 9.78 Å². The van der Waals surface area contributed by atoms with E-state index < -0.39 is 5.56 Å². The average Bonchev–Trinajstić information content (AvgIpc) is 2.64. The van der Waals surface area contributed by atoms with Crippen LogP contribution in [-0.4, -0.2) is 27.8 Å². The Hall–Kier alpha value is -3.12. The van der Waals surface area contributed by atoms with Crippen LogP contribution >= 0.6 is 11.6 Å². The van der Waals surface area contributed by atoms with Crippen LogP contribution in [0.1, 0.15) is 22.8 Å². The van der Waals surface area contributed by atoms with E-state index in [0.29, 0.717) is 21.9 Å². The van der Waals surface area contributed by atoms with Crippen LogP contribution in [0.5, 0.6) is 11.6 Å². The molecule has 138 valence electrons. The van der Waals surface area contributed by atoms with Crippen LogP contribution < -0.4 is 10.3 Å². The van der Waals surface area contributed by atoms with Gasteiger partial charge in [-0.3, -0.25) is 9.59 Å². The van der Waals surface area contributed by atoms with Crippen molar-refractivity contribution in [1.29, 1.82) is 0 Å². The number of ether oxygens (including phenoxy) is 1. The summed E-state index contributed by atoms with van der Waals surface area (Å²) < 4.78 is 6.26. The van der Waals surface area contributed by atoms with Crippen molar-refractivity contribution in [3.8, 4) is 22.8 Å². The number of halogens is 1. The maximum Gasteiger partial charge on any atom is 0.267 e. The molecule has 2 aromatic carbocycles. The molecule has 0 aliphatic carbocycles. The summed E-state index contributed by atoms with van der Waals surface area (Å²) >= 11 is 6.02. The zero-order valence-corrected chi connectivity index (χ0v) is 15.5. The lowest BCUT2D eigenvalue weighted by atomic mass is 9.98. The minimum atomic E-state index is -0.409. The van der Waals surface area contributed by atoms with Crippen molar-refractivity contribution in [3.05, 3.63) is 75.0 Å². The maximum atomic E-state index is 12.5. The summed E-state index contributed by atoms with van der Waals surface area (Å²) in [6, 6.07) is 13.1. The number of Topliss-reactive ketones (excluding diaryl/α,β-unsaturated/α-hetero) is 1. The van der Waals surface area contributed by atoms with Crippen molar-refractivity contribution < 1.29 is 14.6 Å². The first kappa shape index (κ1) is 18.7. The molecular formula is C20H17ClN2O4. The Bertz CT molecular complexity index is 1060. The second-order valence-corrected chi connectivity index (χ2v) is 6.41. The van der Waals surface area contributed by atoms with E-state index in [4.69, 9.17) is 16.3 Å². The topological polar surface area (TPSA) is 81.4 Å². The van der Waals surface area contributed by atoms with Gasteiger partial charge in [-0.1, -0.05) is 23.7 Å². The smallest absolute Gasteiger partial charge is 0.267 e. The molecule has 1 heterocycles. The van der Waals surface area contributed by atoms with Crippen LogP contribution in [0.15, 0.2) is 53.3 Å². The van der Waals surface area contributed by atoms with Crippen molar-refractivity contribution in [3.63, 3.8) is 0 Å². The third-order valence-electron chi connectivity index (χ3n) is 4.12. The lowest BCUT2D eigenvalue weighted by Crippen LogP contribution is -2.23. The van der Waals surface area contributed by atoms with E-state index in [1.165, 1.54) is 19.1 Å². The summed E-state index contributed by atoms with van der Waals surface area (Å²) in [6.45, 7) is 1.59. The lowest BCUT2D eigenvalue weighted by Gasteiger charge is -2.11. The SMILES string of the molecule is COc1ccc(Cn2nc(O)c(-c3cc(Cl)ccc3C(C)=O)cc2=O)cc1. The van der Waals surface area contributed by atoms with Gasteiger partial charge in [0, 0.05) is 16.7 Å². The molecule has 3 aromatic rings. The molecule has 0 fully saturated rings. The highest BCUT2D eigenvalue weighted by Crippen LogP contribution is 2.31. The average molecular weight is 385 g/mol. The predicted octanol–water partition coefficient (Wildman–Crippen LogP) is 3.53. The van der Waals surface area contributed by atoms with E-state index in [0.717, 1.165) is 10.2 Å². The second kappa shape index (κ2) is 7.63. The second-order valence-electron chi connectivity index (χ2n) is 5.97. The highest BCUT2D eigenvalue weighted by molar-refractivity contribution is 6.31. The van der Waals surface area contributed by atoms with Crippen molar-refractivity contribution in [2.24, 2.45) is 0 Å². The fourth-order valence-corrected chi connectivity index (χ4v) is 2.91. The first-order chi connectivity index (χ1) is 12.9. The molecular weight excluding hydrogens is 368 g/mol. The number of methoxy groups -OCH3 is 1.